The fourth-order valence-electron chi connectivity index (χ4n) is 13.2. The molecule has 12 aromatic carbocycles. The van der Waals surface area contributed by atoms with Crippen LogP contribution in [0.1, 0.15) is 35.1 Å². The highest BCUT2D eigenvalue weighted by Gasteiger charge is 2.32. The van der Waals surface area contributed by atoms with E-state index in [0.29, 0.717) is 0 Å². The van der Waals surface area contributed by atoms with Gasteiger partial charge in [0.2, 0.25) is 0 Å². The van der Waals surface area contributed by atoms with Crippen LogP contribution in [-0.2, 0) is 25.7 Å². The van der Waals surface area contributed by atoms with E-state index >= 15 is 0 Å². The second-order valence-corrected chi connectivity index (χ2v) is 20.9. The zero-order chi connectivity index (χ0) is 49.8. The highest BCUT2D eigenvalue weighted by atomic mass is 16.3. The summed E-state index contributed by atoms with van der Waals surface area (Å²) in [5.74, 6) is 0. The monoisotopic (exact) mass is 974 g/mol. The Kier molecular flexibility index (Phi) is 9.68. The third-order valence-electron chi connectivity index (χ3n) is 16.6. The van der Waals surface area contributed by atoms with Crippen molar-refractivity contribution in [3.63, 3.8) is 0 Å². The van der Waals surface area contributed by atoms with Crippen molar-refractivity contribution in [2.45, 2.75) is 38.5 Å². The van der Waals surface area contributed by atoms with Gasteiger partial charge in [0.1, 0.15) is 22.3 Å². The minimum Gasteiger partial charge on any atom is -0.456 e. The minimum absolute atomic E-state index is 0.962. The molecular formula is C72H50N2O2. The molecule has 0 amide bonds. The second-order valence-electron chi connectivity index (χ2n) is 20.9. The lowest BCUT2D eigenvalue weighted by atomic mass is 9.77. The largest absolute Gasteiger partial charge is 0.456 e. The van der Waals surface area contributed by atoms with Gasteiger partial charge in [-0.05, 0) is 213 Å². The SMILES string of the molecule is c1ccc(N(c2ccccc2)c2ccc3cc(-c4ccc5c(c4)oc4c6c7c(c8c(oc9cc(-c%10ccc%11cc(N(c%12ccccc%12)c%12ccccc%12)ccc%11c%10)ccc98)c8c7c(c45)CCC8)CCC6)ccc3c2)cc1. The van der Waals surface area contributed by atoms with E-state index in [1.54, 1.807) is 0 Å². The number of nitrogens with zero attached hydrogens (tertiary/aromatic N) is 2. The maximum absolute atomic E-state index is 7.16. The molecule has 76 heavy (non-hydrogen) atoms. The first-order valence-corrected chi connectivity index (χ1v) is 26.9. The lowest BCUT2D eigenvalue weighted by molar-refractivity contribution is 0.653. The van der Waals surface area contributed by atoms with Crippen molar-refractivity contribution in [2.24, 2.45) is 0 Å². The van der Waals surface area contributed by atoms with E-state index in [9.17, 15) is 0 Å². The van der Waals surface area contributed by atoms with E-state index in [4.69, 9.17) is 8.83 Å². The van der Waals surface area contributed by atoms with Crippen LogP contribution in [0.15, 0.2) is 239 Å². The van der Waals surface area contributed by atoms with E-state index in [1.807, 2.05) is 0 Å². The Labute approximate surface area is 440 Å². The number of para-hydroxylation sites is 4. The lowest BCUT2D eigenvalue weighted by Gasteiger charge is -2.26. The average Bonchev–Trinajstić information content (AvgIpc) is 4.17. The zero-order valence-corrected chi connectivity index (χ0v) is 41.9. The molecule has 0 radical (unpaired) electrons. The lowest BCUT2D eigenvalue weighted by Crippen LogP contribution is -2.10. The number of furan rings is 2. The Bertz CT molecular complexity index is 4260. The molecule has 14 aromatic rings. The van der Waals surface area contributed by atoms with Crippen LogP contribution in [0.5, 0.6) is 0 Å². The van der Waals surface area contributed by atoms with E-state index in [1.165, 1.54) is 87.2 Å². The van der Waals surface area contributed by atoms with Gasteiger partial charge in [-0.1, -0.05) is 121 Å². The van der Waals surface area contributed by atoms with Crippen LogP contribution in [0.2, 0.25) is 0 Å². The molecule has 0 aliphatic heterocycles. The molecule has 2 aromatic heterocycles. The molecule has 2 heterocycles. The van der Waals surface area contributed by atoms with E-state index in [-0.39, 0.29) is 0 Å². The Morgan fingerprint density at radius 3 is 0.987 bits per heavy atom. The molecule has 0 saturated carbocycles. The van der Waals surface area contributed by atoms with Gasteiger partial charge in [-0.15, -0.1) is 0 Å². The van der Waals surface area contributed by atoms with E-state index < -0.39 is 0 Å². The van der Waals surface area contributed by atoms with Crippen LogP contribution >= 0.6 is 0 Å². The normalized spacial score (nSPS) is 13.2. The van der Waals surface area contributed by atoms with Gasteiger partial charge in [0.15, 0.2) is 0 Å². The first-order valence-electron chi connectivity index (χ1n) is 26.9. The number of benzene rings is 12. The number of hydrogen-bond acceptors (Lipinski definition) is 4. The van der Waals surface area contributed by atoms with Crippen LogP contribution in [0.4, 0.5) is 34.1 Å². The average molecular weight is 975 g/mol. The molecule has 360 valence electrons. The number of fused-ring (bicyclic) bond motifs is 12. The van der Waals surface area contributed by atoms with Crippen LogP contribution in [-0.4, -0.2) is 0 Å². The minimum atomic E-state index is 0.962. The first-order chi connectivity index (χ1) is 37.7. The number of rotatable bonds is 8. The molecule has 0 saturated heterocycles. The van der Waals surface area contributed by atoms with Gasteiger partial charge in [0.05, 0.1) is 0 Å². The van der Waals surface area contributed by atoms with E-state index in [0.717, 1.165) is 106 Å². The van der Waals surface area contributed by atoms with Crippen molar-refractivity contribution in [1.82, 2.24) is 0 Å². The van der Waals surface area contributed by atoms with Crippen LogP contribution in [0.3, 0.4) is 0 Å². The standard InChI is InChI=1S/C72H50N2O2/c1-5-15-53(16-6-1)73(54-17-7-2-8-18-54)57-35-31-47-39-45(27-29-49(47)41-57)51-33-37-59-65(43-51)75-71-63-25-14-24-62-68(63)67-61(69(59)71)23-13-26-64(67)72-70(62)60-38-34-52(44-66(60)76-72)46-28-30-50-42-58(36-32-48(50)40-46)74(55-19-9-3-10-20-55)56-21-11-4-12-22-56/h1-12,15-22,27-44H,13-14,23-26H2. The molecule has 0 spiro atoms. The molecule has 4 nitrogen and oxygen atoms in total. The molecule has 2 aliphatic carbocycles. The Morgan fingerprint density at radius 1 is 0.263 bits per heavy atom. The summed E-state index contributed by atoms with van der Waals surface area (Å²) in [5.41, 5.74) is 21.2. The van der Waals surface area contributed by atoms with E-state index in [2.05, 4.69) is 240 Å². The molecule has 4 heteroatoms. The van der Waals surface area contributed by atoms with Crippen molar-refractivity contribution in [3.8, 4) is 22.3 Å². The third kappa shape index (κ3) is 6.77. The summed E-state index contributed by atoms with van der Waals surface area (Å²) in [4.78, 5) is 4.64. The van der Waals surface area contributed by atoms with Gasteiger partial charge in [-0.2, -0.15) is 0 Å². The summed E-state index contributed by atoms with van der Waals surface area (Å²) in [6, 6.07) is 83.5. The summed E-state index contributed by atoms with van der Waals surface area (Å²) in [7, 11) is 0. The van der Waals surface area contributed by atoms with Gasteiger partial charge in [0.25, 0.3) is 0 Å². The second kappa shape index (κ2) is 17.1. The molecule has 0 atom stereocenters. The smallest absolute Gasteiger partial charge is 0.139 e. The van der Waals surface area contributed by atoms with Crippen molar-refractivity contribution in [2.75, 3.05) is 9.80 Å². The summed E-state index contributed by atoms with van der Waals surface area (Å²) in [6.45, 7) is 0. The first kappa shape index (κ1) is 43.1. The maximum atomic E-state index is 7.16. The van der Waals surface area contributed by atoms with Crippen molar-refractivity contribution in [1.29, 1.82) is 0 Å². The van der Waals surface area contributed by atoms with Gasteiger partial charge in [-0.25, -0.2) is 0 Å². The summed E-state index contributed by atoms with van der Waals surface area (Å²) in [5, 5.41) is 12.7. The van der Waals surface area contributed by atoms with Crippen LogP contribution in [0, 0.1) is 0 Å². The molecule has 0 unspecified atom stereocenters. The van der Waals surface area contributed by atoms with Crippen LogP contribution in [0.25, 0.3) is 98.4 Å². The Hall–Kier alpha value is -9.38. The number of hydrogen-bond donors (Lipinski definition) is 0. The highest BCUT2D eigenvalue weighted by Crippen LogP contribution is 2.52. The van der Waals surface area contributed by atoms with Gasteiger partial charge >= 0.3 is 0 Å². The zero-order valence-electron chi connectivity index (χ0n) is 41.9. The highest BCUT2D eigenvalue weighted by molar-refractivity contribution is 6.23. The predicted molar refractivity (Wildman–Crippen MR) is 318 cm³/mol. The van der Waals surface area contributed by atoms with Gasteiger partial charge in [0, 0.05) is 66.8 Å². The molecule has 0 fully saturated rings. The molecule has 16 rings (SSSR count). The van der Waals surface area contributed by atoms with Crippen molar-refractivity contribution >= 4 is 110 Å². The fraction of sp³-hybridized carbons (Fsp3) is 0.0833. The fourth-order valence-corrected chi connectivity index (χ4v) is 13.2. The van der Waals surface area contributed by atoms with Gasteiger partial charge in [-0.3, -0.25) is 0 Å². The number of aryl methyl sites for hydroxylation is 4. The molecular weight excluding hydrogens is 925 g/mol. The topological polar surface area (TPSA) is 32.8 Å². The van der Waals surface area contributed by atoms with Crippen molar-refractivity contribution < 1.29 is 8.83 Å². The maximum Gasteiger partial charge on any atom is 0.139 e. The molecule has 2 aliphatic rings. The van der Waals surface area contributed by atoms with Crippen LogP contribution < -0.4 is 9.80 Å². The van der Waals surface area contributed by atoms with Crippen molar-refractivity contribution in [3.05, 3.63) is 253 Å². The third-order valence-corrected chi connectivity index (χ3v) is 16.6. The Morgan fingerprint density at radius 2 is 0.592 bits per heavy atom. The van der Waals surface area contributed by atoms with Gasteiger partial charge < -0.3 is 18.6 Å². The predicted octanol–water partition coefficient (Wildman–Crippen LogP) is 20.2. The summed E-state index contributed by atoms with van der Waals surface area (Å²) in [6.07, 6.45) is 6.25. The Balaban J connectivity index is 0.767. The number of anilines is 6. The molecule has 0 N–H and O–H groups in total. The quantitative estimate of drug-likeness (QED) is 0.152. The summed E-state index contributed by atoms with van der Waals surface area (Å²) < 4.78 is 14.3. The molecule has 0 bridgehead atoms. The summed E-state index contributed by atoms with van der Waals surface area (Å²) >= 11 is 0.